The van der Waals surface area contributed by atoms with Crippen molar-refractivity contribution < 1.29 is 19.3 Å². The number of halogens is 1. The van der Waals surface area contributed by atoms with Gasteiger partial charge in [0.15, 0.2) is 5.76 Å². The van der Waals surface area contributed by atoms with Crippen molar-refractivity contribution in [1.82, 2.24) is 0 Å². The summed E-state index contributed by atoms with van der Waals surface area (Å²) in [5, 5.41) is 38.7. The molecule has 1 aliphatic carbocycles. The van der Waals surface area contributed by atoms with Crippen LogP contribution in [0.3, 0.4) is 0 Å². The van der Waals surface area contributed by atoms with Gasteiger partial charge in [-0.05, 0) is 23.8 Å². The lowest BCUT2D eigenvalue weighted by Crippen LogP contribution is -2.44. The third kappa shape index (κ3) is 2.27. The van der Waals surface area contributed by atoms with Crippen LogP contribution in [0.25, 0.3) is 5.57 Å². The minimum Gasteiger partial charge on any atom is -0.507 e. The lowest BCUT2D eigenvalue weighted by molar-refractivity contribution is -0.189. The molecule has 0 fully saturated rings. The Balaban J connectivity index is 2.71. The van der Waals surface area contributed by atoms with Gasteiger partial charge in [0.25, 0.3) is 0 Å². The van der Waals surface area contributed by atoms with Crippen LogP contribution in [0.15, 0.2) is 41.7 Å². The summed E-state index contributed by atoms with van der Waals surface area (Å²) in [4.78, 5) is 0. The van der Waals surface area contributed by atoms with Crippen molar-refractivity contribution in [2.24, 2.45) is 5.92 Å². The highest BCUT2D eigenvalue weighted by Gasteiger charge is 2.48. The Morgan fingerprint density at radius 3 is 2.38 bits per heavy atom. The van der Waals surface area contributed by atoms with Crippen molar-refractivity contribution in [2.75, 3.05) is 7.11 Å². The number of benzene rings is 1. The van der Waals surface area contributed by atoms with Crippen molar-refractivity contribution >= 4 is 5.57 Å². The molecule has 0 saturated carbocycles. The monoisotopic (exact) mass is 286 g/mol. The molecule has 106 valence electrons. The number of allylic oxidation sites excluding steroid dienone is 2. The summed E-state index contributed by atoms with van der Waals surface area (Å²) in [6.45, 7) is 0. The zero-order chi connectivity index (χ0) is 15.6. The predicted octanol–water partition coefficient (Wildman–Crippen LogP) is 2.03. The first-order valence-corrected chi connectivity index (χ1v) is 5.96. The average Bonchev–Trinajstić information content (AvgIpc) is 2.50. The van der Waals surface area contributed by atoms with E-state index < -0.39 is 23.3 Å². The van der Waals surface area contributed by atoms with E-state index in [0.717, 1.165) is 13.2 Å². The van der Waals surface area contributed by atoms with E-state index in [2.05, 4.69) is 0 Å². The highest BCUT2D eigenvalue weighted by molar-refractivity contribution is 5.80. The largest absolute Gasteiger partial charge is 0.507 e. The number of rotatable bonds is 2. The summed E-state index contributed by atoms with van der Waals surface area (Å²) < 4.78 is 17.9. The molecule has 0 saturated heterocycles. The van der Waals surface area contributed by atoms with Crippen LogP contribution in [0.2, 0.25) is 0 Å². The number of hydrogen-bond donors (Lipinski definition) is 2. The molecule has 0 amide bonds. The minimum absolute atomic E-state index is 0.00684. The third-order valence-corrected chi connectivity index (χ3v) is 3.33. The van der Waals surface area contributed by atoms with Gasteiger partial charge >= 0.3 is 0 Å². The highest BCUT2D eigenvalue weighted by Crippen LogP contribution is 2.42. The van der Waals surface area contributed by atoms with Crippen LogP contribution in [0, 0.1) is 34.4 Å². The number of ether oxygens (including phenoxy) is 1. The van der Waals surface area contributed by atoms with Crippen LogP contribution in [0.1, 0.15) is 5.56 Å². The van der Waals surface area contributed by atoms with E-state index in [9.17, 15) is 25.1 Å². The molecule has 0 spiro atoms. The van der Waals surface area contributed by atoms with Gasteiger partial charge in [0.05, 0.1) is 17.7 Å². The average molecular weight is 286 g/mol. The fourth-order valence-corrected chi connectivity index (χ4v) is 2.24. The molecule has 1 aromatic rings. The molecule has 0 aromatic heterocycles. The van der Waals surface area contributed by atoms with Gasteiger partial charge in [-0.1, -0.05) is 12.1 Å². The van der Waals surface area contributed by atoms with Gasteiger partial charge in [0.1, 0.15) is 11.7 Å². The SMILES string of the molecule is COC1(O)C(O)=CC(C#N)=C(c2ccc(F)cc2)C1C#N. The Morgan fingerprint density at radius 2 is 1.90 bits per heavy atom. The maximum atomic E-state index is 13.0. The highest BCUT2D eigenvalue weighted by atomic mass is 19.1. The molecule has 0 bridgehead atoms. The third-order valence-electron chi connectivity index (χ3n) is 3.33. The number of nitriles is 2. The molecule has 1 aliphatic rings. The summed E-state index contributed by atoms with van der Waals surface area (Å²) in [6.07, 6.45) is 1.04. The van der Waals surface area contributed by atoms with Gasteiger partial charge in [-0.2, -0.15) is 10.5 Å². The lowest BCUT2D eigenvalue weighted by atomic mass is 9.79. The normalized spacial score (nSPS) is 25.0. The van der Waals surface area contributed by atoms with E-state index in [1.807, 2.05) is 12.1 Å². The molecule has 21 heavy (non-hydrogen) atoms. The molecule has 0 radical (unpaired) electrons. The first-order valence-electron chi connectivity index (χ1n) is 5.96. The number of methoxy groups -OCH3 is 1. The molecule has 5 nitrogen and oxygen atoms in total. The molecule has 2 atom stereocenters. The topological polar surface area (TPSA) is 97.3 Å². The molecule has 0 aliphatic heterocycles. The quantitative estimate of drug-likeness (QED) is 0.811. The van der Waals surface area contributed by atoms with E-state index in [-0.39, 0.29) is 11.1 Å². The first-order chi connectivity index (χ1) is 9.97. The number of aliphatic hydroxyl groups excluding tert-OH is 1. The van der Waals surface area contributed by atoms with Gasteiger partial charge in [0, 0.05) is 12.7 Å². The molecule has 2 N–H and O–H groups in total. The first kappa shape index (κ1) is 14.7. The van der Waals surface area contributed by atoms with Gasteiger partial charge in [-0.3, -0.25) is 0 Å². The molecule has 6 heteroatoms. The molecule has 2 rings (SSSR count). The molecular weight excluding hydrogens is 275 g/mol. The van der Waals surface area contributed by atoms with Crippen molar-refractivity contribution in [3.8, 4) is 12.1 Å². The van der Waals surface area contributed by atoms with Crippen molar-refractivity contribution in [3.05, 3.63) is 53.1 Å². The smallest absolute Gasteiger partial charge is 0.245 e. The van der Waals surface area contributed by atoms with Gasteiger partial charge in [0.2, 0.25) is 5.79 Å². The summed E-state index contributed by atoms with van der Waals surface area (Å²) in [6, 6.07) is 8.81. The van der Waals surface area contributed by atoms with Crippen LogP contribution in [0.4, 0.5) is 4.39 Å². The molecule has 1 aromatic carbocycles. The van der Waals surface area contributed by atoms with Gasteiger partial charge in [-0.25, -0.2) is 4.39 Å². The van der Waals surface area contributed by atoms with E-state index in [1.54, 1.807) is 0 Å². The second-order valence-electron chi connectivity index (χ2n) is 4.44. The number of aliphatic hydroxyl groups is 2. The fourth-order valence-electron chi connectivity index (χ4n) is 2.24. The Labute approximate surface area is 120 Å². The van der Waals surface area contributed by atoms with E-state index >= 15 is 0 Å². The van der Waals surface area contributed by atoms with Crippen molar-refractivity contribution in [1.29, 1.82) is 10.5 Å². The molecule has 0 heterocycles. The fraction of sp³-hybridized carbons (Fsp3) is 0.200. The summed E-state index contributed by atoms with van der Waals surface area (Å²) in [7, 11) is 1.13. The van der Waals surface area contributed by atoms with Crippen LogP contribution < -0.4 is 0 Å². The Kier molecular flexibility index (Phi) is 3.77. The maximum absolute atomic E-state index is 13.0. The van der Waals surface area contributed by atoms with Crippen molar-refractivity contribution in [3.63, 3.8) is 0 Å². The van der Waals surface area contributed by atoms with Crippen LogP contribution in [-0.2, 0) is 4.74 Å². The standard InChI is InChI=1S/C15H11FN2O3/c1-21-15(20)12(8-18)14(10(7-17)6-13(15)19)9-2-4-11(16)5-3-9/h2-6,12,19-20H,1H3. The maximum Gasteiger partial charge on any atom is 0.245 e. The van der Waals surface area contributed by atoms with Crippen molar-refractivity contribution in [2.45, 2.75) is 5.79 Å². The van der Waals surface area contributed by atoms with Crippen LogP contribution >= 0.6 is 0 Å². The second kappa shape index (κ2) is 5.37. The number of hydrogen-bond acceptors (Lipinski definition) is 5. The molecule has 2 unspecified atom stereocenters. The predicted molar refractivity (Wildman–Crippen MR) is 70.7 cm³/mol. The van der Waals surface area contributed by atoms with Gasteiger partial charge < -0.3 is 14.9 Å². The van der Waals surface area contributed by atoms with E-state index in [0.29, 0.717) is 5.56 Å². The summed E-state index contributed by atoms with van der Waals surface area (Å²) in [5.41, 5.74) is 0.563. The van der Waals surface area contributed by atoms with Crippen LogP contribution in [0.5, 0.6) is 0 Å². The minimum atomic E-state index is -2.25. The second-order valence-corrected chi connectivity index (χ2v) is 4.44. The lowest BCUT2D eigenvalue weighted by Gasteiger charge is -2.34. The Bertz CT molecular complexity index is 710. The Hall–Kier alpha value is -2.67. The molecular formula is C15H11FN2O3. The van der Waals surface area contributed by atoms with E-state index in [1.165, 1.54) is 24.3 Å². The number of nitrogens with zero attached hydrogens (tertiary/aromatic N) is 2. The summed E-state index contributed by atoms with van der Waals surface area (Å²) in [5.74, 6) is -4.67. The van der Waals surface area contributed by atoms with Gasteiger partial charge in [-0.15, -0.1) is 0 Å². The summed E-state index contributed by atoms with van der Waals surface area (Å²) >= 11 is 0. The van der Waals surface area contributed by atoms with E-state index in [4.69, 9.17) is 4.74 Å². The zero-order valence-corrected chi connectivity index (χ0v) is 11.0. The Morgan fingerprint density at radius 1 is 1.29 bits per heavy atom. The van der Waals surface area contributed by atoms with Crippen LogP contribution in [-0.4, -0.2) is 23.1 Å². The zero-order valence-electron chi connectivity index (χ0n) is 11.0.